The van der Waals surface area contributed by atoms with Crippen molar-refractivity contribution in [2.45, 2.75) is 32.2 Å². The molecule has 1 aromatic rings. The molecule has 5 heteroatoms. The quantitative estimate of drug-likeness (QED) is 0.793. The Labute approximate surface area is 123 Å². The van der Waals surface area contributed by atoms with E-state index in [2.05, 4.69) is 5.32 Å². The molecule has 4 unspecified atom stereocenters. The Kier molecular flexibility index (Phi) is 3.35. The number of fused-ring (bicyclic) bond motifs is 2. The van der Waals surface area contributed by atoms with E-state index >= 15 is 0 Å². The first kappa shape index (κ1) is 13.9. The summed E-state index contributed by atoms with van der Waals surface area (Å²) in [6.07, 6.45) is 2.78. The van der Waals surface area contributed by atoms with Gasteiger partial charge in [0.2, 0.25) is 0 Å². The molecule has 21 heavy (non-hydrogen) atoms. The van der Waals surface area contributed by atoms with Crippen LogP contribution in [0, 0.1) is 24.7 Å². The number of carbonyl (C=O) groups is 2. The molecule has 0 radical (unpaired) electrons. The Hall–Kier alpha value is -2.04. The molecule has 112 valence electrons. The van der Waals surface area contributed by atoms with Crippen molar-refractivity contribution in [1.82, 2.24) is 5.32 Å². The summed E-state index contributed by atoms with van der Waals surface area (Å²) in [6.45, 7) is 1.84. The number of phenols is 1. The van der Waals surface area contributed by atoms with Gasteiger partial charge in [0, 0.05) is 6.04 Å². The second kappa shape index (κ2) is 5.06. The topological polar surface area (TPSA) is 86.6 Å². The normalized spacial score (nSPS) is 30.3. The average Bonchev–Trinajstić information content (AvgIpc) is 3.02. The molecule has 2 aliphatic rings. The first-order chi connectivity index (χ1) is 9.97. The second-order valence-electron chi connectivity index (χ2n) is 6.22. The van der Waals surface area contributed by atoms with Crippen LogP contribution in [0.4, 0.5) is 0 Å². The van der Waals surface area contributed by atoms with Gasteiger partial charge in [0.25, 0.3) is 5.91 Å². The van der Waals surface area contributed by atoms with E-state index in [1.54, 1.807) is 12.1 Å². The third kappa shape index (κ3) is 2.37. The minimum Gasteiger partial charge on any atom is -0.507 e. The van der Waals surface area contributed by atoms with E-state index in [1.165, 1.54) is 6.07 Å². The Morgan fingerprint density at radius 2 is 1.95 bits per heavy atom. The smallest absolute Gasteiger partial charge is 0.308 e. The zero-order valence-electron chi connectivity index (χ0n) is 11.9. The Morgan fingerprint density at radius 1 is 1.24 bits per heavy atom. The van der Waals surface area contributed by atoms with Gasteiger partial charge in [0.15, 0.2) is 0 Å². The molecular weight excluding hydrogens is 270 g/mol. The summed E-state index contributed by atoms with van der Waals surface area (Å²) in [5.41, 5.74) is 1.09. The first-order valence-corrected chi connectivity index (χ1v) is 7.30. The van der Waals surface area contributed by atoms with Crippen molar-refractivity contribution in [3.63, 3.8) is 0 Å². The minimum atomic E-state index is -0.832. The number of aromatic hydroxyl groups is 1. The molecule has 3 rings (SSSR count). The van der Waals surface area contributed by atoms with Crippen LogP contribution in [-0.4, -0.2) is 28.1 Å². The lowest BCUT2D eigenvalue weighted by molar-refractivity contribution is -0.144. The van der Waals surface area contributed by atoms with E-state index < -0.39 is 11.9 Å². The van der Waals surface area contributed by atoms with Gasteiger partial charge in [-0.05, 0) is 50.2 Å². The molecule has 2 fully saturated rings. The van der Waals surface area contributed by atoms with Gasteiger partial charge in [-0.2, -0.15) is 0 Å². The Morgan fingerprint density at radius 3 is 2.67 bits per heavy atom. The van der Waals surface area contributed by atoms with Crippen LogP contribution in [0.5, 0.6) is 5.75 Å². The summed E-state index contributed by atoms with van der Waals surface area (Å²) < 4.78 is 0. The van der Waals surface area contributed by atoms with E-state index in [4.69, 9.17) is 0 Å². The molecule has 0 spiro atoms. The van der Waals surface area contributed by atoms with Gasteiger partial charge in [0.05, 0.1) is 11.5 Å². The van der Waals surface area contributed by atoms with Crippen LogP contribution in [0.25, 0.3) is 0 Å². The van der Waals surface area contributed by atoms with E-state index in [0.717, 1.165) is 24.8 Å². The number of carboxylic acid groups (broad SMARTS) is 1. The van der Waals surface area contributed by atoms with Gasteiger partial charge in [-0.15, -0.1) is 0 Å². The molecule has 0 aliphatic heterocycles. The second-order valence-corrected chi connectivity index (χ2v) is 6.22. The summed E-state index contributed by atoms with van der Waals surface area (Å²) >= 11 is 0. The van der Waals surface area contributed by atoms with E-state index in [1.807, 2.05) is 6.92 Å². The summed E-state index contributed by atoms with van der Waals surface area (Å²) in [7, 11) is 0. The zero-order valence-corrected chi connectivity index (χ0v) is 11.9. The van der Waals surface area contributed by atoms with Gasteiger partial charge in [-0.1, -0.05) is 11.6 Å². The molecule has 0 heterocycles. The average molecular weight is 289 g/mol. The minimum absolute atomic E-state index is 0.0758. The van der Waals surface area contributed by atoms with Crippen LogP contribution in [0.15, 0.2) is 18.2 Å². The number of aryl methyl sites for hydroxylation is 1. The number of carbonyl (C=O) groups excluding carboxylic acids is 1. The standard InChI is InChI=1S/C16H19NO4/c1-8-2-5-12(18)11(6-8)15(19)17-14-10-4-3-9(7-10)13(14)16(20)21/h2,5-6,9-10,13-14,18H,3-4,7H2,1H3,(H,17,19)(H,20,21). The van der Waals surface area contributed by atoms with Crippen molar-refractivity contribution >= 4 is 11.9 Å². The highest BCUT2D eigenvalue weighted by Crippen LogP contribution is 2.48. The molecule has 4 atom stereocenters. The summed E-state index contributed by atoms with van der Waals surface area (Å²) in [5.74, 6) is -1.38. The van der Waals surface area contributed by atoms with Gasteiger partial charge < -0.3 is 15.5 Å². The number of amides is 1. The fourth-order valence-corrected chi connectivity index (χ4v) is 3.92. The lowest BCUT2D eigenvalue weighted by atomic mass is 9.84. The molecule has 3 N–H and O–H groups in total. The Balaban J connectivity index is 1.81. The van der Waals surface area contributed by atoms with Crippen molar-refractivity contribution < 1.29 is 19.8 Å². The van der Waals surface area contributed by atoms with Crippen LogP contribution < -0.4 is 5.32 Å². The number of phenolic OH excluding ortho intramolecular Hbond substituents is 1. The van der Waals surface area contributed by atoms with Crippen LogP contribution in [0.3, 0.4) is 0 Å². The maximum atomic E-state index is 12.4. The van der Waals surface area contributed by atoms with Crippen molar-refractivity contribution in [3.8, 4) is 5.75 Å². The third-order valence-electron chi connectivity index (χ3n) is 4.90. The highest BCUT2D eigenvalue weighted by molar-refractivity contribution is 5.97. The zero-order chi connectivity index (χ0) is 15.1. The van der Waals surface area contributed by atoms with Gasteiger partial charge >= 0.3 is 5.97 Å². The number of rotatable bonds is 3. The molecule has 5 nitrogen and oxygen atoms in total. The maximum Gasteiger partial charge on any atom is 0.308 e. The van der Waals surface area contributed by atoms with Gasteiger partial charge in [-0.25, -0.2) is 0 Å². The van der Waals surface area contributed by atoms with E-state index in [9.17, 15) is 19.8 Å². The monoisotopic (exact) mass is 289 g/mol. The molecule has 0 saturated heterocycles. The van der Waals surface area contributed by atoms with Crippen molar-refractivity contribution in [2.75, 3.05) is 0 Å². The highest BCUT2D eigenvalue weighted by Gasteiger charge is 2.51. The fraction of sp³-hybridized carbons (Fsp3) is 0.500. The predicted octanol–water partition coefficient (Wildman–Crippen LogP) is 1.93. The lowest BCUT2D eigenvalue weighted by Gasteiger charge is -2.29. The summed E-state index contributed by atoms with van der Waals surface area (Å²) in [6, 6.07) is 4.51. The molecular formula is C16H19NO4. The number of hydrogen-bond donors (Lipinski definition) is 3. The largest absolute Gasteiger partial charge is 0.507 e. The predicted molar refractivity (Wildman–Crippen MR) is 76.1 cm³/mol. The van der Waals surface area contributed by atoms with Crippen molar-refractivity contribution in [2.24, 2.45) is 17.8 Å². The fourth-order valence-electron chi connectivity index (χ4n) is 3.92. The number of carboxylic acids is 1. The van der Waals surface area contributed by atoms with Gasteiger partial charge in [0.1, 0.15) is 5.75 Å². The van der Waals surface area contributed by atoms with Crippen LogP contribution in [0.1, 0.15) is 35.2 Å². The van der Waals surface area contributed by atoms with E-state index in [0.29, 0.717) is 0 Å². The molecule has 2 bridgehead atoms. The lowest BCUT2D eigenvalue weighted by Crippen LogP contribution is -2.46. The molecule has 1 amide bonds. The maximum absolute atomic E-state index is 12.4. The Bertz CT molecular complexity index is 598. The number of nitrogens with one attached hydrogen (secondary N) is 1. The number of benzene rings is 1. The van der Waals surface area contributed by atoms with Crippen LogP contribution in [-0.2, 0) is 4.79 Å². The SMILES string of the molecule is Cc1ccc(O)c(C(=O)NC2C3CCC(C3)C2C(=O)O)c1. The number of hydrogen-bond acceptors (Lipinski definition) is 3. The summed E-state index contributed by atoms with van der Waals surface area (Å²) in [5, 5.41) is 22.0. The molecule has 1 aromatic carbocycles. The highest BCUT2D eigenvalue weighted by atomic mass is 16.4. The molecule has 0 aromatic heterocycles. The first-order valence-electron chi connectivity index (χ1n) is 7.30. The van der Waals surface area contributed by atoms with Crippen LogP contribution in [0.2, 0.25) is 0 Å². The van der Waals surface area contributed by atoms with Crippen molar-refractivity contribution in [3.05, 3.63) is 29.3 Å². The van der Waals surface area contributed by atoms with Gasteiger partial charge in [-0.3, -0.25) is 9.59 Å². The molecule has 2 saturated carbocycles. The third-order valence-corrected chi connectivity index (χ3v) is 4.90. The number of aliphatic carboxylic acids is 1. The molecule has 2 aliphatic carbocycles. The van der Waals surface area contributed by atoms with Crippen LogP contribution >= 0.6 is 0 Å². The van der Waals surface area contributed by atoms with E-state index in [-0.39, 0.29) is 35.1 Å². The van der Waals surface area contributed by atoms with Crippen molar-refractivity contribution in [1.29, 1.82) is 0 Å². The summed E-state index contributed by atoms with van der Waals surface area (Å²) in [4.78, 5) is 23.8.